The number of carbonyl (C=O) groups is 1. The van der Waals surface area contributed by atoms with Gasteiger partial charge in [0.05, 0.1) is 21.7 Å². The molecule has 1 heterocycles. The van der Waals surface area contributed by atoms with Crippen LogP contribution in [0.25, 0.3) is 10.2 Å². The van der Waals surface area contributed by atoms with Crippen molar-refractivity contribution in [1.29, 1.82) is 0 Å². The fourth-order valence-electron chi connectivity index (χ4n) is 2.94. The van der Waals surface area contributed by atoms with Crippen molar-refractivity contribution in [3.05, 3.63) is 68.0 Å². The highest BCUT2D eigenvalue weighted by Crippen LogP contribution is 2.23. The largest absolute Gasteiger partial charge is 0.383 e. The predicted molar refractivity (Wildman–Crippen MR) is 104 cm³/mol. The van der Waals surface area contributed by atoms with Crippen molar-refractivity contribution in [2.24, 2.45) is 4.99 Å². The molecule has 0 bridgehead atoms. The molecule has 0 fully saturated rings. The monoisotopic (exact) mass is 385 g/mol. The Labute approximate surface area is 159 Å². The standard InChI is InChI=1S/C19H19N3O4S/c1-12-10-13(2)17-16(11-12)27-19(21(17)8-9-26-3)20-18(23)14-4-6-15(7-5-14)22(24)25/h4-7,10-11H,8-9H2,1-3H3. The number of nitro benzene ring substituents is 1. The van der Waals surface area contributed by atoms with E-state index in [2.05, 4.69) is 17.1 Å². The fourth-order valence-corrected chi connectivity index (χ4v) is 4.17. The summed E-state index contributed by atoms with van der Waals surface area (Å²) < 4.78 is 8.24. The molecule has 0 aliphatic carbocycles. The van der Waals surface area contributed by atoms with Crippen LogP contribution < -0.4 is 4.80 Å². The molecule has 140 valence electrons. The third kappa shape index (κ3) is 3.96. The van der Waals surface area contributed by atoms with E-state index in [-0.39, 0.29) is 5.69 Å². The third-order valence-electron chi connectivity index (χ3n) is 4.15. The zero-order valence-electron chi connectivity index (χ0n) is 15.3. The molecule has 1 amide bonds. The Morgan fingerprint density at radius 2 is 1.96 bits per heavy atom. The van der Waals surface area contributed by atoms with Gasteiger partial charge in [-0.2, -0.15) is 4.99 Å². The zero-order valence-corrected chi connectivity index (χ0v) is 16.1. The smallest absolute Gasteiger partial charge is 0.279 e. The second-order valence-corrected chi connectivity index (χ2v) is 7.19. The molecule has 2 aromatic carbocycles. The zero-order chi connectivity index (χ0) is 19.6. The lowest BCUT2D eigenvalue weighted by Crippen LogP contribution is -2.19. The number of rotatable bonds is 5. The van der Waals surface area contributed by atoms with Crippen LogP contribution >= 0.6 is 11.3 Å². The molecule has 7 nitrogen and oxygen atoms in total. The van der Waals surface area contributed by atoms with Gasteiger partial charge in [0, 0.05) is 31.4 Å². The first-order chi connectivity index (χ1) is 12.9. The minimum absolute atomic E-state index is 0.0605. The number of thiazole rings is 1. The van der Waals surface area contributed by atoms with Gasteiger partial charge in [-0.1, -0.05) is 17.4 Å². The molecule has 0 N–H and O–H groups in total. The molecule has 3 rings (SSSR count). The van der Waals surface area contributed by atoms with Gasteiger partial charge in [-0.3, -0.25) is 14.9 Å². The molecule has 0 spiro atoms. The number of non-ortho nitro benzene ring substituents is 1. The maximum atomic E-state index is 12.6. The molecule has 0 radical (unpaired) electrons. The van der Waals surface area contributed by atoms with E-state index >= 15 is 0 Å². The number of methoxy groups -OCH3 is 1. The van der Waals surface area contributed by atoms with E-state index in [0.29, 0.717) is 23.5 Å². The summed E-state index contributed by atoms with van der Waals surface area (Å²) >= 11 is 1.45. The first-order valence-corrected chi connectivity index (χ1v) is 9.15. The number of nitro groups is 1. The Morgan fingerprint density at radius 3 is 2.59 bits per heavy atom. The second-order valence-electron chi connectivity index (χ2n) is 6.18. The van der Waals surface area contributed by atoms with Crippen molar-refractivity contribution in [1.82, 2.24) is 4.57 Å². The van der Waals surface area contributed by atoms with Crippen molar-refractivity contribution in [2.75, 3.05) is 13.7 Å². The van der Waals surface area contributed by atoms with Gasteiger partial charge < -0.3 is 9.30 Å². The van der Waals surface area contributed by atoms with Crippen molar-refractivity contribution in [2.45, 2.75) is 20.4 Å². The average Bonchev–Trinajstić information content (AvgIpc) is 2.96. The number of hydrogen-bond donors (Lipinski definition) is 0. The van der Waals surface area contributed by atoms with Crippen LogP contribution in [0.3, 0.4) is 0 Å². The van der Waals surface area contributed by atoms with Crippen molar-refractivity contribution in [3.8, 4) is 0 Å². The van der Waals surface area contributed by atoms with E-state index in [1.165, 1.54) is 35.6 Å². The van der Waals surface area contributed by atoms with Crippen LogP contribution in [0.5, 0.6) is 0 Å². The Kier molecular flexibility index (Phi) is 5.48. The van der Waals surface area contributed by atoms with Crippen LogP contribution in [0, 0.1) is 24.0 Å². The number of nitrogens with zero attached hydrogens (tertiary/aromatic N) is 3. The normalized spacial score (nSPS) is 11.9. The molecular weight excluding hydrogens is 366 g/mol. The molecule has 1 aromatic heterocycles. The van der Waals surface area contributed by atoms with Crippen LogP contribution in [0.4, 0.5) is 5.69 Å². The topological polar surface area (TPSA) is 86.7 Å². The van der Waals surface area contributed by atoms with Gasteiger partial charge in [-0.05, 0) is 43.2 Å². The summed E-state index contributed by atoms with van der Waals surface area (Å²) in [6, 6.07) is 9.63. The summed E-state index contributed by atoms with van der Waals surface area (Å²) in [4.78, 5) is 27.7. The number of hydrogen-bond acceptors (Lipinski definition) is 5. The van der Waals surface area contributed by atoms with E-state index in [1.54, 1.807) is 7.11 Å². The summed E-state index contributed by atoms with van der Waals surface area (Å²) in [6.45, 7) is 5.14. The lowest BCUT2D eigenvalue weighted by atomic mass is 10.1. The number of amides is 1. The molecule has 3 aromatic rings. The van der Waals surface area contributed by atoms with Crippen LogP contribution in [-0.4, -0.2) is 29.1 Å². The van der Waals surface area contributed by atoms with Gasteiger partial charge in [-0.15, -0.1) is 0 Å². The maximum absolute atomic E-state index is 12.6. The van der Waals surface area contributed by atoms with Gasteiger partial charge in [0.15, 0.2) is 4.80 Å². The summed E-state index contributed by atoms with van der Waals surface area (Å²) in [7, 11) is 1.63. The number of benzene rings is 2. The van der Waals surface area contributed by atoms with Crippen LogP contribution in [0.2, 0.25) is 0 Å². The van der Waals surface area contributed by atoms with Crippen molar-refractivity contribution >= 4 is 33.1 Å². The van der Waals surface area contributed by atoms with Crippen molar-refractivity contribution < 1.29 is 14.5 Å². The van der Waals surface area contributed by atoms with Crippen molar-refractivity contribution in [3.63, 3.8) is 0 Å². The van der Waals surface area contributed by atoms with E-state index < -0.39 is 10.8 Å². The lowest BCUT2D eigenvalue weighted by molar-refractivity contribution is -0.384. The van der Waals surface area contributed by atoms with Gasteiger partial charge in [0.1, 0.15) is 0 Å². The molecule has 0 aliphatic rings. The first-order valence-electron chi connectivity index (χ1n) is 8.33. The Morgan fingerprint density at radius 1 is 1.26 bits per heavy atom. The summed E-state index contributed by atoms with van der Waals surface area (Å²) in [5.74, 6) is -0.433. The highest BCUT2D eigenvalue weighted by atomic mass is 32.1. The SMILES string of the molecule is COCCn1c(=NC(=O)c2ccc([N+](=O)[O-])cc2)sc2cc(C)cc(C)c21. The number of carbonyl (C=O) groups excluding carboxylic acids is 1. The van der Waals surface area contributed by atoms with Gasteiger partial charge in [-0.25, -0.2) is 0 Å². The number of aromatic nitrogens is 1. The van der Waals surface area contributed by atoms with Gasteiger partial charge >= 0.3 is 0 Å². The van der Waals surface area contributed by atoms with Crippen LogP contribution in [0.15, 0.2) is 41.4 Å². The third-order valence-corrected chi connectivity index (χ3v) is 5.18. The highest BCUT2D eigenvalue weighted by molar-refractivity contribution is 7.16. The van der Waals surface area contributed by atoms with Crippen LogP contribution in [-0.2, 0) is 11.3 Å². The second kappa shape index (κ2) is 7.81. The molecule has 0 atom stereocenters. The number of fused-ring (bicyclic) bond motifs is 1. The molecule has 27 heavy (non-hydrogen) atoms. The van der Waals surface area contributed by atoms with Gasteiger partial charge in [0.2, 0.25) is 0 Å². The summed E-state index contributed by atoms with van der Waals surface area (Å²) in [5.41, 5.74) is 3.55. The summed E-state index contributed by atoms with van der Waals surface area (Å²) in [6.07, 6.45) is 0. The first kappa shape index (κ1) is 18.9. The highest BCUT2D eigenvalue weighted by Gasteiger charge is 2.13. The Bertz CT molecular complexity index is 1080. The molecule has 8 heteroatoms. The molecule has 0 aliphatic heterocycles. The fraction of sp³-hybridized carbons (Fsp3) is 0.263. The Balaban J connectivity index is 2.09. The predicted octanol–water partition coefficient (Wildman–Crippen LogP) is 3.62. The van der Waals surface area contributed by atoms with Crippen LogP contribution in [0.1, 0.15) is 21.5 Å². The number of aryl methyl sites for hydroxylation is 2. The molecule has 0 unspecified atom stereocenters. The van der Waals surface area contributed by atoms with E-state index in [1.807, 2.05) is 18.4 Å². The van der Waals surface area contributed by atoms with E-state index in [9.17, 15) is 14.9 Å². The molecule has 0 saturated heterocycles. The Hall–Kier alpha value is -2.84. The maximum Gasteiger partial charge on any atom is 0.279 e. The quantitative estimate of drug-likeness (QED) is 0.496. The summed E-state index contributed by atoms with van der Waals surface area (Å²) in [5, 5.41) is 10.8. The molecular formula is C19H19N3O4S. The average molecular weight is 385 g/mol. The van der Waals surface area contributed by atoms with Gasteiger partial charge in [0.25, 0.3) is 11.6 Å². The molecule has 0 saturated carbocycles. The number of ether oxygens (including phenoxy) is 1. The van der Waals surface area contributed by atoms with E-state index in [0.717, 1.165) is 21.3 Å². The minimum atomic E-state index is -0.499. The van der Waals surface area contributed by atoms with E-state index in [4.69, 9.17) is 4.74 Å². The minimum Gasteiger partial charge on any atom is -0.383 e. The lowest BCUT2D eigenvalue weighted by Gasteiger charge is -2.07.